The Morgan fingerprint density at radius 3 is 3.22 bits per heavy atom. The summed E-state index contributed by atoms with van der Waals surface area (Å²) in [6, 6.07) is 5.29. The highest BCUT2D eigenvalue weighted by Gasteiger charge is 2.29. The van der Waals surface area contributed by atoms with Crippen molar-refractivity contribution in [1.82, 2.24) is 30.5 Å². The minimum Gasteiger partial charge on any atom is -0.472 e. The van der Waals surface area contributed by atoms with E-state index in [-0.39, 0.29) is 24.5 Å². The summed E-state index contributed by atoms with van der Waals surface area (Å²) in [6.07, 6.45) is 3.99. The summed E-state index contributed by atoms with van der Waals surface area (Å²) in [6.45, 7) is 1.46. The first-order valence-corrected chi connectivity index (χ1v) is 7.47. The van der Waals surface area contributed by atoms with Crippen molar-refractivity contribution in [1.29, 1.82) is 0 Å². The van der Waals surface area contributed by atoms with Crippen LogP contribution >= 0.6 is 0 Å². The molecule has 1 fully saturated rings. The van der Waals surface area contributed by atoms with E-state index in [0.29, 0.717) is 32.1 Å². The third-order valence-electron chi connectivity index (χ3n) is 3.51. The van der Waals surface area contributed by atoms with Gasteiger partial charge >= 0.3 is 0 Å². The second kappa shape index (κ2) is 7.63. The first-order chi connectivity index (χ1) is 11.3. The number of tetrazole rings is 1. The van der Waals surface area contributed by atoms with Crippen molar-refractivity contribution in [2.24, 2.45) is 0 Å². The zero-order valence-electron chi connectivity index (χ0n) is 12.5. The summed E-state index contributed by atoms with van der Waals surface area (Å²) in [7, 11) is 0. The van der Waals surface area contributed by atoms with Gasteiger partial charge in [-0.2, -0.15) is 0 Å². The lowest BCUT2D eigenvalue weighted by atomic mass is 10.1. The number of carbonyl (C=O) groups is 1. The topological polar surface area (TPSA) is 104 Å². The molecular formula is C14H18N6O3. The van der Waals surface area contributed by atoms with Gasteiger partial charge in [0.15, 0.2) is 0 Å². The first-order valence-electron chi connectivity index (χ1n) is 7.47. The lowest BCUT2D eigenvalue weighted by molar-refractivity contribution is -0.124. The van der Waals surface area contributed by atoms with Crippen LogP contribution in [-0.2, 0) is 16.1 Å². The van der Waals surface area contributed by atoms with E-state index in [9.17, 15) is 4.79 Å². The third kappa shape index (κ3) is 4.46. The summed E-state index contributed by atoms with van der Waals surface area (Å²) in [4.78, 5) is 16.2. The molecule has 122 valence electrons. The van der Waals surface area contributed by atoms with E-state index in [1.807, 2.05) is 12.1 Å². The number of aromatic nitrogens is 5. The molecule has 1 aliphatic heterocycles. The second-order valence-corrected chi connectivity index (χ2v) is 5.18. The van der Waals surface area contributed by atoms with Crippen molar-refractivity contribution in [2.75, 3.05) is 13.2 Å². The van der Waals surface area contributed by atoms with Crippen LogP contribution in [0.4, 0.5) is 0 Å². The summed E-state index contributed by atoms with van der Waals surface area (Å²) in [5, 5.41) is 13.7. The molecule has 0 radical (unpaired) electrons. The maximum atomic E-state index is 12.1. The standard InChI is InChI=1S/C14H18N6O3/c21-13(4-7-20-10-16-18-19-20)17-11-9-22-8-5-12(11)23-14-3-1-2-6-15-14/h1-3,6,10-12H,4-5,7-9H2,(H,17,21)/t11-,12-/m1/s1. The highest BCUT2D eigenvalue weighted by Crippen LogP contribution is 2.16. The number of nitrogens with zero attached hydrogens (tertiary/aromatic N) is 5. The molecule has 0 aromatic carbocycles. The van der Waals surface area contributed by atoms with Crippen LogP contribution in [-0.4, -0.2) is 56.5 Å². The summed E-state index contributed by atoms with van der Waals surface area (Å²) >= 11 is 0. The third-order valence-corrected chi connectivity index (χ3v) is 3.51. The SMILES string of the molecule is O=C(CCn1cnnn1)N[C@@H]1COCC[C@H]1Oc1ccccn1. The Bertz CT molecular complexity index is 606. The van der Waals surface area contributed by atoms with Crippen molar-refractivity contribution < 1.29 is 14.3 Å². The number of amides is 1. The van der Waals surface area contributed by atoms with E-state index < -0.39 is 0 Å². The van der Waals surface area contributed by atoms with Gasteiger partial charge in [-0.1, -0.05) is 6.07 Å². The molecule has 1 amide bonds. The van der Waals surface area contributed by atoms with Crippen LogP contribution in [0.5, 0.6) is 5.88 Å². The van der Waals surface area contributed by atoms with Gasteiger partial charge in [-0.15, -0.1) is 5.10 Å². The maximum Gasteiger partial charge on any atom is 0.222 e. The molecule has 2 atom stereocenters. The van der Waals surface area contributed by atoms with Crippen molar-refractivity contribution >= 4 is 5.91 Å². The van der Waals surface area contributed by atoms with E-state index in [1.54, 1.807) is 12.3 Å². The van der Waals surface area contributed by atoms with Crippen LogP contribution in [0.25, 0.3) is 0 Å². The molecule has 0 unspecified atom stereocenters. The van der Waals surface area contributed by atoms with E-state index in [4.69, 9.17) is 9.47 Å². The average Bonchev–Trinajstić information content (AvgIpc) is 3.09. The van der Waals surface area contributed by atoms with Gasteiger partial charge in [0.25, 0.3) is 0 Å². The molecule has 2 aromatic rings. The van der Waals surface area contributed by atoms with Gasteiger partial charge in [0.2, 0.25) is 11.8 Å². The highest BCUT2D eigenvalue weighted by molar-refractivity contribution is 5.76. The Hall–Kier alpha value is -2.55. The van der Waals surface area contributed by atoms with Gasteiger partial charge in [0, 0.05) is 25.1 Å². The van der Waals surface area contributed by atoms with Crippen LogP contribution in [0, 0.1) is 0 Å². The largest absolute Gasteiger partial charge is 0.472 e. The Labute approximate surface area is 133 Å². The van der Waals surface area contributed by atoms with Gasteiger partial charge < -0.3 is 14.8 Å². The van der Waals surface area contributed by atoms with E-state index >= 15 is 0 Å². The van der Waals surface area contributed by atoms with Crippen LogP contribution < -0.4 is 10.1 Å². The van der Waals surface area contributed by atoms with Gasteiger partial charge in [-0.25, -0.2) is 9.67 Å². The van der Waals surface area contributed by atoms with Crippen LogP contribution in [0.3, 0.4) is 0 Å². The molecule has 0 bridgehead atoms. The fourth-order valence-corrected chi connectivity index (χ4v) is 2.34. The predicted molar refractivity (Wildman–Crippen MR) is 78.5 cm³/mol. The summed E-state index contributed by atoms with van der Waals surface area (Å²) < 4.78 is 12.8. The van der Waals surface area contributed by atoms with E-state index in [0.717, 1.165) is 0 Å². The summed E-state index contributed by atoms with van der Waals surface area (Å²) in [5.41, 5.74) is 0. The fraction of sp³-hybridized carbons (Fsp3) is 0.500. The lowest BCUT2D eigenvalue weighted by Crippen LogP contribution is -2.52. The van der Waals surface area contributed by atoms with Gasteiger partial charge in [-0.3, -0.25) is 4.79 Å². The molecule has 23 heavy (non-hydrogen) atoms. The minimum absolute atomic E-state index is 0.0920. The number of hydrogen-bond donors (Lipinski definition) is 1. The molecule has 0 aliphatic carbocycles. The highest BCUT2D eigenvalue weighted by atomic mass is 16.5. The zero-order chi connectivity index (χ0) is 15.9. The molecule has 1 saturated heterocycles. The number of hydrogen-bond acceptors (Lipinski definition) is 7. The molecule has 0 spiro atoms. The zero-order valence-corrected chi connectivity index (χ0v) is 12.5. The first kappa shape index (κ1) is 15.3. The lowest BCUT2D eigenvalue weighted by Gasteiger charge is -2.32. The Morgan fingerprint density at radius 1 is 1.48 bits per heavy atom. The van der Waals surface area contributed by atoms with Gasteiger partial charge in [0.05, 0.1) is 25.8 Å². The van der Waals surface area contributed by atoms with E-state index in [2.05, 4.69) is 25.8 Å². The monoisotopic (exact) mass is 318 g/mol. The quantitative estimate of drug-likeness (QED) is 0.787. The molecule has 3 rings (SSSR count). The normalized spacial score (nSPS) is 20.9. The number of aryl methyl sites for hydroxylation is 1. The average molecular weight is 318 g/mol. The molecule has 3 heterocycles. The summed E-state index contributed by atoms with van der Waals surface area (Å²) in [5.74, 6) is 0.456. The molecule has 9 heteroatoms. The fourth-order valence-electron chi connectivity index (χ4n) is 2.34. The Morgan fingerprint density at radius 2 is 2.43 bits per heavy atom. The number of ether oxygens (including phenoxy) is 2. The van der Waals surface area contributed by atoms with Crippen molar-refractivity contribution in [2.45, 2.75) is 31.5 Å². The number of carbonyl (C=O) groups excluding carboxylic acids is 1. The number of rotatable bonds is 6. The van der Waals surface area contributed by atoms with Gasteiger partial charge in [0.1, 0.15) is 12.4 Å². The second-order valence-electron chi connectivity index (χ2n) is 5.18. The van der Waals surface area contributed by atoms with Crippen molar-refractivity contribution in [3.05, 3.63) is 30.7 Å². The minimum atomic E-state index is -0.202. The van der Waals surface area contributed by atoms with Crippen LogP contribution in [0.1, 0.15) is 12.8 Å². The molecular weight excluding hydrogens is 300 g/mol. The van der Waals surface area contributed by atoms with Crippen LogP contribution in [0.15, 0.2) is 30.7 Å². The smallest absolute Gasteiger partial charge is 0.222 e. The van der Waals surface area contributed by atoms with Crippen molar-refractivity contribution in [3.63, 3.8) is 0 Å². The molecule has 0 saturated carbocycles. The molecule has 9 nitrogen and oxygen atoms in total. The Balaban J connectivity index is 1.52. The molecule has 1 aliphatic rings. The van der Waals surface area contributed by atoms with Crippen molar-refractivity contribution in [3.8, 4) is 5.88 Å². The number of nitrogens with one attached hydrogen (secondary N) is 1. The van der Waals surface area contributed by atoms with Crippen LogP contribution in [0.2, 0.25) is 0 Å². The maximum absolute atomic E-state index is 12.1. The Kier molecular flexibility index (Phi) is 5.09. The molecule has 1 N–H and O–H groups in total. The number of pyridine rings is 1. The molecule has 2 aromatic heterocycles. The predicted octanol–water partition coefficient (Wildman–Crippen LogP) is -0.189. The van der Waals surface area contributed by atoms with E-state index in [1.165, 1.54) is 11.0 Å². The van der Waals surface area contributed by atoms with Gasteiger partial charge in [-0.05, 0) is 16.5 Å².